The lowest BCUT2D eigenvalue weighted by Crippen LogP contribution is -1.74. The minimum atomic E-state index is 0.250. The maximum absolute atomic E-state index is 9.16. The molecule has 4 nitrogen and oxygen atoms in total. The molecule has 0 bridgehead atoms. The van der Waals surface area contributed by atoms with Gasteiger partial charge in [0.1, 0.15) is 5.75 Å². The SMILES string of the molecule is Cc1cc(SN=[N+]=[N-])ccc1O. The predicted octanol–water partition coefficient (Wildman–Crippen LogP) is 3.02. The van der Waals surface area contributed by atoms with Gasteiger partial charge in [0.05, 0.1) is 0 Å². The van der Waals surface area contributed by atoms with Crippen molar-refractivity contribution in [2.75, 3.05) is 0 Å². The van der Waals surface area contributed by atoms with Crippen molar-refractivity contribution >= 4 is 11.9 Å². The van der Waals surface area contributed by atoms with Gasteiger partial charge in [0, 0.05) is 9.81 Å². The number of phenols is 1. The van der Waals surface area contributed by atoms with E-state index < -0.39 is 0 Å². The average Bonchev–Trinajstić information content (AvgIpc) is 2.07. The van der Waals surface area contributed by atoms with Gasteiger partial charge in [-0.25, -0.2) is 0 Å². The van der Waals surface area contributed by atoms with Crippen LogP contribution in [0.1, 0.15) is 5.56 Å². The van der Waals surface area contributed by atoms with E-state index in [0.717, 1.165) is 22.4 Å². The zero-order chi connectivity index (χ0) is 8.97. The molecule has 5 heteroatoms. The molecule has 1 rings (SSSR count). The topological polar surface area (TPSA) is 69.0 Å². The summed E-state index contributed by atoms with van der Waals surface area (Å²) in [5, 5.41) is 9.16. The second-order valence-electron chi connectivity index (χ2n) is 2.21. The lowest BCUT2D eigenvalue weighted by Gasteiger charge is -1.99. The van der Waals surface area contributed by atoms with Crippen LogP contribution >= 0.6 is 11.9 Å². The molecule has 0 spiro atoms. The fourth-order valence-electron chi connectivity index (χ4n) is 0.750. The van der Waals surface area contributed by atoms with E-state index >= 15 is 0 Å². The summed E-state index contributed by atoms with van der Waals surface area (Å²) < 4.78 is 3.33. The van der Waals surface area contributed by atoms with Crippen molar-refractivity contribution in [3.05, 3.63) is 34.2 Å². The number of aromatic hydroxyl groups is 1. The largest absolute Gasteiger partial charge is 0.508 e. The van der Waals surface area contributed by atoms with Crippen molar-refractivity contribution in [3.8, 4) is 5.75 Å². The Kier molecular flexibility index (Phi) is 2.85. The molecular weight excluding hydrogens is 174 g/mol. The van der Waals surface area contributed by atoms with Crippen LogP contribution in [0.3, 0.4) is 0 Å². The molecule has 0 aliphatic heterocycles. The van der Waals surface area contributed by atoms with Gasteiger partial charge in [0.2, 0.25) is 0 Å². The first-order chi connectivity index (χ1) is 5.74. The molecule has 0 aliphatic carbocycles. The molecule has 0 aliphatic rings. The minimum absolute atomic E-state index is 0.250. The Balaban J connectivity index is 2.89. The van der Waals surface area contributed by atoms with Gasteiger partial charge in [0.15, 0.2) is 0 Å². The van der Waals surface area contributed by atoms with Crippen molar-refractivity contribution in [3.63, 3.8) is 0 Å². The minimum Gasteiger partial charge on any atom is -0.508 e. The lowest BCUT2D eigenvalue weighted by atomic mass is 10.2. The number of phenolic OH excluding ortho intramolecular Hbond substituents is 1. The molecule has 1 aromatic carbocycles. The Morgan fingerprint density at radius 2 is 2.33 bits per heavy atom. The van der Waals surface area contributed by atoms with Crippen LogP contribution in [0.4, 0.5) is 0 Å². The van der Waals surface area contributed by atoms with Gasteiger partial charge in [-0.05, 0) is 52.7 Å². The van der Waals surface area contributed by atoms with E-state index in [0.29, 0.717) is 0 Å². The first-order valence-electron chi connectivity index (χ1n) is 3.25. The monoisotopic (exact) mass is 181 g/mol. The number of aryl methyl sites for hydroxylation is 1. The third-order valence-electron chi connectivity index (χ3n) is 1.35. The van der Waals surface area contributed by atoms with E-state index in [-0.39, 0.29) is 5.75 Å². The Hall–Kier alpha value is -1.32. The Labute approximate surface area is 74.0 Å². The second kappa shape index (κ2) is 3.90. The van der Waals surface area contributed by atoms with Crippen molar-refractivity contribution < 1.29 is 5.11 Å². The Morgan fingerprint density at radius 1 is 1.58 bits per heavy atom. The number of hydrogen-bond donors (Lipinski definition) is 1. The van der Waals surface area contributed by atoms with E-state index in [1.54, 1.807) is 25.1 Å². The summed E-state index contributed by atoms with van der Waals surface area (Å²) in [6.07, 6.45) is 0. The third kappa shape index (κ3) is 2.08. The van der Waals surface area contributed by atoms with Crippen molar-refractivity contribution in [2.45, 2.75) is 11.8 Å². The number of rotatable bonds is 2. The van der Waals surface area contributed by atoms with Crippen LogP contribution < -0.4 is 0 Å². The molecule has 0 atom stereocenters. The summed E-state index contributed by atoms with van der Waals surface area (Å²) in [7, 11) is 0. The second-order valence-corrected chi connectivity index (χ2v) is 3.03. The molecule has 1 N–H and O–H groups in total. The summed E-state index contributed by atoms with van der Waals surface area (Å²) in [6.45, 7) is 1.79. The van der Waals surface area contributed by atoms with Crippen LogP contribution in [0.15, 0.2) is 27.6 Å². The summed E-state index contributed by atoms with van der Waals surface area (Å²) in [4.78, 5) is 3.43. The summed E-state index contributed by atoms with van der Waals surface area (Å²) >= 11 is 1.04. The molecular formula is C7H7N3OS. The van der Waals surface area contributed by atoms with Crippen molar-refractivity contribution in [1.82, 2.24) is 0 Å². The maximum atomic E-state index is 9.16. The molecule has 0 amide bonds. The Bertz CT molecular complexity index is 333. The average molecular weight is 181 g/mol. The molecule has 62 valence electrons. The van der Waals surface area contributed by atoms with Crippen LogP contribution in [0.2, 0.25) is 0 Å². The van der Waals surface area contributed by atoms with Gasteiger partial charge in [-0.15, -0.1) is 0 Å². The van der Waals surface area contributed by atoms with E-state index in [2.05, 4.69) is 9.43 Å². The maximum Gasteiger partial charge on any atom is 0.118 e. The smallest absolute Gasteiger partial charge is 0.118 e. The highest BCUT2D eigenvalue weighted by Crippen LogP contribution is 2.24. The molecule has 0 saturated heterocycles. The summed E-state index contributed by atoms with van der Waals surface area (Å²) in [6, 6.07) is 5.03. The molecule has 0 fully saturated rings. The summed E-state index contributed by atoms with van der Waals surface area (Å²) in [5.41, 5.74) is 8.81. The van der Waals surface area contributed by atoms with Crippen LogP contribution in [0.25, 0.3) is 10.4 Å². The van der Waals surface area contributed by atoms with E-state index in [1.807, 2.05) is 0 Å². The standard InChI is InChI=1S/C7H7N3OS/c1-5-4-6(12-10-9-8)2-3-7(5)11/h2-4,11H,1H3. The zero-order valence-electron chi connectivity index (χ0n) is 6.43. The normalized spacial score (nSPS) is 9.08. The first kappa shape index (κ1) is 8.77. The quantitative estimate of drug-likeness (QED) is 0.329. The van der Waals surface area contributed by atoms with E-state index in [4.69, 9.17) is 10.6 Å². The van der Waals surface area contributed by atoms with Crippen molar-refractivity contribution in [1.29, 1.82) is 0 Å². The molecule has 0 radical (unpaired) electrons. The highest BCUT2D eigenvalue weighted by Gasteiger charge is 1.96. The highest BCUT2D eigenvalue weighted by molar-refractivity contribution is 7.98. The van der Waals surface area contributed by atoms with Crippen LogP contribution in [0.5, 0.6) is 5.75 Å². The van der Waals surface area contributed by atoms with E-state index in [1.165, 1.54) is 0 Å². The highest BCUT2D eigenvalue weighted by atomic mass is 32.2. The summed E-state index contributed by atoms with van der Waals surface area (Å²) in [5.74, 6) is 0.250. The molecule has 1 aromatic rings. The van der Waals surface area contributed by atoms with Crippen molar-refractivity contribution in [2.24, 2.45) is 4.52 Å². The van der Waals surface area contributed by atoms with Gasteiger partial charge in [-0.3, -0.25) is 0 Å². The van der Waals surface area contributed by atoms with Crippen LogP contribution in [-0.4, -0.2) is 5.11 Å². The van der Waals surface area contributed by atoms with Crippen LogP contribution in [-0.2, 0) is 0 Å². The van der Waals surface area contributed by atoms with Gasteiger partial charge in [-0.1, -0.05) is 0 Å². The Morgan fingerprint density at radius 3 is 2.92 bits per heavy atom. The van der Waals surface area contributed by atoms with Gasteiger partial charge in [0.25, 0.3) is 0 Å². The fourth-order valence-corrected chi connectivity index (χ4v) is 1.24. The number of azide groups is 1. The number of benzene rings is 1. The third-order valence-corrected chi connectivity index (χ3v) is 1.97. The molecule has 12 heavy (non-hydrogen) atoms. The molecule has 0 heterocycles. The van der Waals surface area contributed by atoms with Gasteiger partial charge < -0.3 is 5.11 Å². The zero-order valence-corrected chi connectivity index (χ0v) is 7.25. The lowest BCUT2D eigenvalue weighted by molar-refractivity contribution is 0.470. The number of hydrogen-bond acceptors (Lipinski definition) is 3. The predicted molar refractivity (Wildman–Crippen MR) is 47.8 cm³/mol. The first-order valence-corrected chi connectivity index (χ1v) is 4.02. The number of nitrogens with zero attached hydrogens (tertiary/aromatic N) is 3. The van der Waals surface area contributed by atoms with Crippen LogP contribution in [0, 0.1) is 6.92 Å². The van der Waals surface area contributed by atoms with Gasteiger partial charge >= 0.3 is 0 Å². The molecule has 0 unspecified atom stereocenters. The molecule has 0 saturated carbocycles. The van der Waals surface area contributed by atoms with E-state index in [9.17, 15) is 0 Å². The fraction of sp³-hybridized carbons (Fsp3) is 0.143. The molecule has 0 aromatic heterocycles. The van der Waals surface area contributed by atoms with Gasteiger partial charge in [-0.2, -0.15) is 0 Å².